The first-order valence-corrected chi connectivity index (χ1v) is 6.78. The van der Waals surface area contributed by atoms with Crippen LogP contribution in [0.1, 0.15) is 36.8 Å². The van der Waals surface area contributed by atoms with Gasteiger partial charge in [-0.25, -0.2) is 4.79 Å². The van der Waals surface area contributed by atoms with Gasteiger partial charge in [-0.3, -0.25) is 4.79 Å². The van der Waals surface area contributed by atoms with Gasteiger partial charge >= 0.3 is 12.0 Å². The van der Waals surface area contributed by atoms with Crippen molar-refractivity contribution in [1.82, 2.24) is 5.32 Å². The van der Waals surface area contributed by atoms with E-state index in [1.165, 1.54) is 0 Å². The van der Waals surface area contributed by atoms with Gasteiger partial charge in [0.05, 0.1) is 12.0 Å². The zero-order valence-corrected chi connectivity index (χ0v) is 11.8. The average Bonchev–Trinajstić information content (AvgIpc) is 2.30. The van der Waals surface area contributed by atoms with Crippen LogP contribution in [-0.4, -0.2) is 22.6 Å². The first kappa shape index (κ1) is 14.4. The lowest BCUT2D eigenvalue weighted by atomic mass is 9.74. The molecule has 0 heterocycles. The zero-order valence-electron chi connectivity index (χ0n) is 11.8. The van der Waals surface area contributed by atoms with Crippen molar-refractivity contribution in [2.75, 3.05) is 5.32 Å². The molecule has 1 aliphatic carbocycles. The van der Waals surface area contributed by atoms with Crippen LogP contribution in [0.3, 0.4) is 0 Å². The van der Waals surface area contributed by atoms with Crippen LogP contribution in [0.25, 0.3) is 0 Å². The van der Waals surface area contributed by atoms with Gasteiger partial charge in [-0.05, 0) is 56.4 Å². The third-order valence-electron chi connectivity index (χ3n) is 3.94. The third-order valence-corrected chi connectivity index (χ3v) is 3.94. The van der Waals surface area contributed by atoms with Crippen molar-refractivity contribution in [3.8, 4) is 0 Å². The van der Waals surface area contributed by atoms with Crippen molar-refractivity contribution in [2.45, 2.75) is 45.1 Å². The fourth-order valence-corrected chi connectivity index (χ4v) is 2.46. The van der Waals surface area contributed by atoms with E-state index in [1.807, 2.05) is 32.0 Å². The van der Waals surface area contributed by atoms with E-state index in [2.05, 4.69) is 10.6 Å². The number of anilines is 1. The summed E-state index contributed by atoms with van der Waals surface area (Å²) in [5.74, 6) is -0.879. The molecule has 0 radical (unpaired) electrons. The van der Waals surface area contributed by atoms with Crippen LogP contribution in [-0.2, 0) is 4.79 Å². The minimum absolute atomic E-state index is 0.0205. The number of nitrogens with one attached hydrogen (secondary N) is 2. The highest BCUT2D eigenvalue weighted by Gasteiger charge is 2.40. The number of hydrogen-bond donors (Lipinski definition) is 3. The lowest BCUT2D eigenvalue weighted by molar-refractivity contribution is -0.139. The van der Waals surface area contributed by atoms with E-state index < -0.39 is 11.5 Å². The number of amides is 2. The van der Waals surface area contributed by atoms with Crippen LogP contribution in [0.2, 0.25) is 0 Å². The molecular formula is C15H20N2O3. The number of hydrogen-bond acceptors (Lipinski definition) is 2. The van der Waals surface area contributed by atoms with E-state index in [4.69, 9.17) is 5.11 Å². The first-order valence-electron chi connectivity index (χ1n) is 6.78. The summed E-state index contributed by atoms with van der Waals surface area (Å²) < 4.78 is 0. The smallest absolute Gasteiger partial charge is 0.319 e. The number of carbonyl (C=O) groups excluding carboxylic acids is 1. The molecule has 0 aliphatic heterocycles. The molecule has 1 saturated carbocycles. The Morgan fingerprint density at radius 3 is 2.45 bits per heavy atom. The molecule has 5 nitrogen and oxygen atoms in total. The third kappa shape index (κ3) is 3.29. The maximum Gasteiger partial charge on any atom is 0.319 e. The Labute approximate surface area is 118 Å². The van der Waals surface area contributed by atoms with Crippen molar-refractivity contribution >= 4 is 17.7 Å². The molecular weight excluding hydrogens is 256 g/mol. The summed E-state index contributed by atoms with van der Waals surface area (Å²) in [4.78, 5) is 22.8. The first-order chi connectivity index (χ1) is 9.40. The molecule has 1 aliphatic rings. The molecule has 108 valence electrons. The Hall–Kier alpha value is -2.04. The van der Waals surface area contributed by atoms with E-state index in [0.29, 0.717) is 0 Å². The number of benzene rings is 1. The quantitative estimate of drug-likeness (QED) is 0.791. The lowest BCUT2D eigenvalue weighted by Crippen LogP contribution is -2.55. The van der Waals surface area contributed by atoms with Gasteiger partial charge in [0.1, 0.15) is 0 Å². The van der Waals surface area contributed by atoms with Gasteiger partial charge in [0, 0.05) is 5.69 Å². The molecule has 0 spiro atoms. The second-order valence-electron chi connectivity index (χ2n) is 5.58. The topological polar surface area (TPSA) is 78.4 Å². The van der Waals surface area contributed by atoms with Gasteiger partial charge < -0.3 is 15.7 Å². The molecule has 2 amide bonds. The van der Waals surface area contributed by atoms with Gasteiger partial charge in [-0.1, -0.05) is 6.07 Å². The van der Waals surface area contributed by atoms with Gasteiger partial charge in [0.25, 0.3) is 0 Å². The number of aliphatic carboxylic acids is 1. The molecule has 3 N–H and O–H groups in total. The highest BCUT2D eigenvalue weighted by molar-refractivity contribution is 5.90. The number of urea groups is 1. The van der Waals surface area contributed by atoms with E-state index in [1.54, 1.807) is 0 Å². The predicted octanol–water partition coefficient (Wildman–Crippen LogP) is 2.82. The second-order valence-corrected chi connectivity index (χ2v) is 5.58. The number of aryl methyl sites for hydroxylation is 2. The zero-order chi connectivity index (χ0) is 14.8. The summed E-state index contributed by atoms with van der Waals surface area (Å²) in [5, 5.41) is 14.5. The van der Waals surface area contributed by atoms with E-state index in [9.17, 15) is 9.59 Å². The Kier molecular flexibility index (Phi) is 3.97. The molecule has 1 fully saturated rings. The fraction of sp³-hybridized carbons (Fsp3) is 0.467. The van der Waals surface area contributed by atoms with E-state index in [0.717, 1.165) is 36.1 Å². The summed E-state index contributed by atoms with van der Waals surface area (Å²) in [7, 11) is 0. The minimum atomic E-state index is -0.879. The second kappa shape index (κ2) is 5.53. The maximum absolute atomic E-state index is 12.0. The highest BCUT2D eigenvalue weighted by Crippen LogP contribution is 2.35. The molecule has 0 atom stereocenters. The van der Waals surface area contributed by atoms with Crippen LogP contribution >= 0.6 is 0 Å². The van der Waals surface area contributed by atoms with Crippen molar-refractivity contribution in [2.24, 2.45) is 0 Å². The molecule has 0 bridgehead atoms. The SMILES string of the molecule is Cc1ccc(NC(=O)NC2(CC(=O)O)CCC2)cc1C. The van der Waals surface area contributed by atoms with Gasteiger partial charge in [-0.15, -0.1) is 0 Å². The van der Waals surface area contributed by atoms with E-state index >= 15 is 0 Å². The Morgan fingerprint density at radius 2 is 1.95 bits per heavy atom. The standard InChI is InChI=1S/C15H20N2O3/c1-10-4-5-12(8-11(10)2)16-14(20)17-15(6-3-7-15)9-13(18)19/h4-5,8H,3,6-7,9H2,1-2H3,(H,18,19)(H2,16,17,20). The van der Waals surface area contributed by atoms with Crippen LogP contribution in [0.4, 0.5) is 10.5 Å². The van der Waals surface area contributed by atoms with Crippen LogP contribution < -0.4 is 10.6 Å². The number of carboxylic acid groups (broad SMARTS) is 1. The van der Waals surface area contributed by atoms with Crippen LogP contribution in [0.5, 0.6) is 0 Å². The average molecular weight is 276 g/mol. The molecule has 1 aromatic rings. The monoisotopic (exact) mass is 276 g/mol. The van der Waals surface area contributed by atoms with Gasteiger partial charge in [0.15, 0.2) is 0 Å². The van der Waals surface area contributed by atoms with Crippen molar-refractivity contribution < 1.29 is 14.7 Å². The number of carbonyl (C=O) groups is 2. The lowest BCUT2D eigenvalue weighted by Gasteiger charge is -2.41. The molecule has 1 aromatic carbocycles. The maximum atomic E-state index is 12.0. The van der Waals surface area contributed by atoms with Crippen molar-refractivity contribution in [3.63, 3.8) is 0 Å². The molecule has 2 rings (SSSR count). The summed E-state index contributed by atoms with van der Waals surface area (Å²) >= 11 is 0. The largest absolute Gasteiger partial charge is 0.481 e. The minimum Gasteiger partial charge on any atom is -0.481 e. The Bertz CT molecular complexity index is 536. The fourth-order valence-electron chi connectivity index (χ4n) is 2.46. The van der Waals surface area contributed by atoms with Gasteiger partial charge in [0.2, 0.25) is 0 Å². The molecule has 5 heteroatoms. The van der Waals surface area contributed by atoms with E-state index in [-0.39, 0.29) is 12.5 Å². The highest BCUT2D eigenvalue weighted by atomic mass is 16.4. The summed E-state index contributed by atoms with van der Waals surface area (Å²) in [5.41, 5.74) is 2.41. The predicted molar refractivity (Wildman–Crippen MR) is 76.9 cm³/mol. The number of carboxylic acids is 1. The van der Waals surface area contributed by atoms with Crippen LogP contribution in [0, 0.1) is 13.8 Å². The van der Waals surface area contributed by atoms with Crippen molar-refractivity contribution in [1.29, 1.82) is 0 Å². The van der Waals surface area contributed by atoms with Crippen molar-refractivity contribution in [3.05, 3.63) is 29.3 Å². The molecule has 0 aromatic heterocycles. The Morgan fingerprint density at radius 1 is 1.25 bits per heavy atom. The summed E-state index contributed by atoms with van der Waals surface area (Å²) in [6, 6.07) is 5.35. The normalized spacial score (nSPS) is 16.1. The Balaban J connectivity index is 1.97. The molecule has 0 unspecified atom stereocenters. The van der Waals surface area contributed by atoms with Crippen LogP contribution in [0.15, 0.2) is 18.2 Å². The summed E-state index contributed by atoms with van der Waals surface area (Å²) in [6.45, 7) is 3.99. The molecule has 20 heavy (non-hydrogen) atoms. The summed E-state index contributed by atoms with van der Waals surface area (Å²) in [6.07, 6.45) is 2.38. The molecule has 0 saturated heterocycles. The number of rotatable bonds is 4. The van der Waals surface area contributed by atoms with Gasteiger partial charge in [-0.2, -0.15) is 0 Å².